The van der Waals surface area contributed by atoms with Gasteiger partial charge in [-0.3, -0.25) is 9.69 Å². The second-order valence-corrected chi connectivity index (χ2v) is 8.71. The van der Waals surface area contributed by atoms with Crippen molar-refractivity contribution in [1.82, 2.24) is 15.0 Å². The molecule has 10 nitrogen and oxygen atoms in total. The summed E-state index contributed by atoms with van der Waals surface area (Å²) in [6, 6.07) is 10.1. The zero-order valence-corrected chi connectivity index (χ0v) is 21.0. The molecule has 11 heteroatoms. The number of methoxy groups -OCH3 is 3. The van der Waals surface area contributed by atoms with Gasteiger partial charge in [-0.05, 0) is 62.3 Å². The van der Waals surface area contributed by atoms with Gasteiger partial charge in [-0.2, -0.15) is 4.98 Å². The van der Waals surface area contributed by atoms with Crippen LogP contribution in [0.25, 0.3) is 11.4 Å². The van der Waals surface area contributed by atoms with E-state index in [9.17, 15) is 9.59 Å². The average Bonchev–Trinajstić information content (AvgIpc) is 3.37. The van der Waals surface area contributed by atoms with Crippen molar-refractivity contribution in [3.63, 3.8) is 0 Å². The maximum Gasteiger partial charge on any atom is 0.337 e. The Hall–Kier alpha value is -3.63. The third-order valence-corrected chi connectivity index (χ3v) is 6.40. The highest BCUT2D eigenvalue weighted by Gasteiger charge is 2.27. The first-order valence-corrected chi connectivity index (χ1v) is 11.8. The summed E-state index contributed by atoms with van der Waals surface area (Å²) in [6.45, 7) is 1.88. The van der Waals surface area contributed by atoms with Crippen LogP contribution in [0.5, 0.6) is 11.5 Å². The molecule has 1 aliphatic rings. The van der Waals surface area contributed by atoms with E-state index in [1.807, 2.05) is 6.07 Å². The van der Waals surface area contributed by atoms with E-state index in [1.165, 1.54) is 13.2 Å². The molecule has 0 spiro atoms. The van der Waals surface area contributed by atoms with E-state index in [0.29, 0.717) is 72.0 Å². The van der Waals surface area contributed by atoms with Crippen LogP contribution in [0, 0.1) is 5.92 Å². The summed E-state index contributed by atoms with van der Waals surface area (Å²) in [5.74, 6) is 1.36. The maximum atomic E-state index is 12.8. The maximum absolute atomic E-state index is 12.8. The average molecular weight is 515 g/mol. The van der Waals surface area contributed by atoms with Crippen LogP contribution in [-0.4, -0.2) is 61.3 Å². The third-order valence-electron chi connectivity index (χ3n) is 6.07. The summed E-state index contributed by atoms with van der Waals surface area (Å²) in [5.41, 5.74) is 1.47. The lowest BCUT2D eigenvalue weighted by molar-refractivity contribution is -0.121. The quantitative estimate of drug-likeness (QED) is 0.444. The first kappa shape index (κ1) is 25.5. The van der Waals surface area contributed by atoms with E-state index in [1.54, 1.807) is 38.5 Å². The second-order valence-electron chi connectivity index (χ2n) is 8.31. The van der Waals surface area contributed by atoms with Gasteiger partial charge in [-0.25, -0.2) is 4.79 Å². The Kier molecular flexibility index (Phi) is 8.07. The Morgan fingerprint density at radius 1 is 1.08 bits per heavy atom. The van der Waals surface area contributed by atoms with E-state index in [0.717, 1.165) is 5.56 Å². The predicted octanol–water partition coefficient (Wildman–Crippen LogP) is 4.04. The van der Waals surface area contributed by atoms with Gasteiger partial charge in [0.25, 0.3) is 0 Å². The van der Waals surface area contributed by atoms with E-state index < -0.39 is 5.97 Å². The monoisotopic (exact) mass is 514 g/mol. The Morgan fingerprint density at radius 2 is 1.83 bits per heavy atom. The second kappa shape index (κ2) is 11.4. The molecule has 0 bridgehead atoms. The molecule has 2 aromatic carbocycles. The summed E-state index contributed by atoms with van der Waals surface area (Å²) in [7, 11) is 4.45. The van der Waals surface area contributed by atoms with E-state index in [-0.39, 0.29) is 11.8 Å². The normalized spacial score (nSPS) is 14.3. The molecule has 0 unspecified atom stereocenters. The number of benzene rings is 2. The number of hydrogen-bond acceptors (Lipinski definition) is 9. The molecule has 0 aliphatic carbocycles. The van der Waals surface area contributed by atoms with Gasteiger partial charge in [0.1, 0.15) is 0 Å². The minimum atomic E-state index is -0.495. The lowest BCUT2D eigenvalue weighted by Crippen LogP contribution is -2.37. The highest BCUT2D eigenvalue weighted by Crippen LogP contribution is 2.31. The van der Waals surface area contributed by atoms with Gasteiger partial charge >= 0.3 is 5.97 Å². The molecule has 1 N–H and O–H groups in total. The van der Waals surface area contributed by atoms with Crippen molar-refractivity contribution in [1.29, 1.82) is 0 Å². The number of likely N-dealkylation sites (tertiary alicyclic amines) is 1. The Morgan fingerprint density at radius 3 is 2.53 bits per heavy atom. The number of amides is 1. The number of halogens is 1. The predicted molar refractivity (Wildman–Crippen MR) is 132 cm³/mol. The van der Waals surface area contributed by atoms with Gasteiger partial charge < -0.3 is 24.1 Å². The Bertz CT molecular complexity index is 1240. The molecule has 0 radical (unpaired) electrons. The van der Waals surface area contributed by atoms with Gasteiger partial charge in [0.2, 0.25) is 17.6 Å². The van der Waals surface area contributed by atoms with Crippen molar-refractivity contribution in [2.75, 3.05) is 39.7 Å². The lowest BCUT2D eigenvalue weighted by Gasteiger charge is -2.30. The number of carbonyl (C=O) groups is 2. The van der Waals surface area contributed by atoms with Gasteiger partial charge in [0.15, 0.2) is 11.5 Å². The first-order valence-electron chi connectivity index (χ1n) is 11.4. The van der Waals surface area contributed by atoms with E-state index in [4.69, 9.17) is 30.3 Å². The lowest BCUT2D eigenvalue weighted by atomic mass is 9.95. The SMILES string of the molecule is COC(=O)c1ccc(Cl)c(NC(=O)C2CCN(Cc3nc(-c4ccc(OC)c(OC)c4)no3)CC2)c1. The van der Waals surface area contributed by atoms with Crippen molar-refractivity contribution in [3.8, 4) is 22.9 Å². The number of hydrogen-bond donors (Lipinski definition) is 1. The number of rotatable bonds is 8. The van der Waals surface area contributed by atoms with E-state index in [2.05, 4.69) is 20.4 Å². The van der Waals surface area contributed by atoms with Crippen LogP contribution < -0.4 is 14.8 Å². The molecule has 2 heterocycles. The highest BCUT2D eigenvalue weighted by molar-refractivity contribution is 6.33. The molecule has 1 aromatic heterocycles. The molecule has 190 valence electrons. The van der Waals surface area contributed by atoms with Gasteiger partial charge in [-0.15, -0.1) is 0 Å². The minimum absolute atomic E-state index is 0.132. The van der Waals surface area contributed by atoms with Gasteiger partial charge in [-0.1, -0.05) is 16.8 Å². The van der Waals surface area contributed by atoms with Crippen LogP contribution >= 0.6 is 11.6 Å². The summed E-state index contributed by atoms with van der Waals surface area (Å²) in [5, 5.41) is 7.29. The first-order chi connectivity index (χ1) is 17.4. The number of carbonyl (C=O) groups excluding carboxylic acids is 2. The molecule has 1 fully saturated rings. The summed E-state index contributed by atoms with van der Waals surface area (Å²) in [6.07, 6.45) is 1.33. The molecule has 0 saturated carbocycles. The number of piperidine rings is 1. The van der Waals surface area contributed by atoms with Crippen LogP contribution in [0.15, 0.2) is 40.9 Å². The topological polar surface area (TPSA) is 116 Å². The van der Waals surface area contributed by atoms with Crippen LogP contribution in [0.2, 0.25) is 5.02 Å². The molecule has 0 atom stereocenters. The summed E-state index contributed by atoms with van der Waals surface area (Å²) in [4.78, 5) is 31.3. The minimum Gasteiger partial charge on any atom is -0.493 e. The Balaban J connectivity index is 1.32. The molecule has 3 aromatic rings. The fraction of sp³-hybridized carbons (Fsp3) is 0.360. The summed E-state index contributed by atoms with van der Waals surface area (Å²) >= 11 is 6.21. The number of esters is 1. The van der Waals surface area contributed by atoms with Crippen molar-refractivity contribution in [3.05, 3.63) is 52.9 Å². The number of nitrogens with one attached hydrogen (secondary N) is 1. The van der Waals surface area contributed by atoms with Crippen LogP contribution in [0.4, 0.5) is 5.69 Å². The number of aromatic nitrogens is 2. The molecule has 36 heavy (non-hydrogen) atoms. The largest absolute Gasteiger partial charge is 0.493 e. The smallest absolute Gasteiger partial charge is 0.337 e. The fourth-order valence-corrected chi connectivity index (χ4v) is 4.22. The molecule has 4 rings (SSSR count). The van der Waals surface area contributed by atoms with Crippen molar-refractivity contribution in [2.24, 2.45) is 5.92 Å². The molecular weight excluding hydrogens is 488 g/mol. The fourth-order valence-electron chi connectivity index (χ4n) is 4.06. The van der Waals surface area contributed by atoms with Crippen LogP contribution in [-0.2, 0) is 16.1 Å². The molecule has 1 aliphatic heterocycles. The Labute approximate surface area is 213 Å². The van der Waals surface area contributed by atoms with E-state index >= 15 is 0 Å². The highest BCUT2D eigenvalue weighted by atomic mass is 35.5. The molecular formula is C25H27ClN4O6. The standard InChI is InChI=1S/C25H27ClN4O6/c1-33-20-7-5-16(13-21(20)34-2)23-28-22(36-29-23)14-30-10-8-15(9-11-30)24(31)27-19-12-17(25(32)35-3)4-6-18(19)26/h4-7,12-13,15H,8-11,14H2,1-3H3,(H,27,31). The van der Waals surface area contributed by atoms with Crippen molar-refractivity contribution >= 4 is 29.2 Å². The van der Waals surface area contributed by atoms with Crippen molar-refractivity contribution in [2.45, 2.75) is 19.4 Å². The third kappa shape index (κ3) is 5.77. The van der Waals surface area contributed by atoms with Crippen LogP contribution in [0.1, 0.15) is 29.1 Å². The molecule has 1 amide bonds. The number of ether oxygens (including phenoxy) is 3. The van der Waals surface area contributed by atoms with Crippen molar-refractivity contribution < 1.29 is 28.3 Å². The number of anilines is 1. The summed E-state index contributed by atoms with van der Waals surface area (Å²) < 4.78 is 20.8. The zero-order valence-electron chi connectivity index (χ0n) is 20.2. The van der Waals surface area contributed by atoms with Crippen LogP contribution in [0.3, 0.4) is 0 Å². The zero-order chi connectivity index (χ0) is 25.7. The van der Waals surface area contributed by atoms with Gasteiger partial charge in [0.05, 0.1) is 44.1 Å². The number of nitrogens with zero attached hydrogens (tertiary/aromatic N) is 3. The molecule has 1 saturated heterocycles. The van der Waals surface area contributed by atoms with Gasteiger partial charge in [0, 0.05) is 11.5 Å².